The molecule has 2 heterocycles. The number of hydrogen-bond donors (Lipinski definition) is 0. The Bertz CT molecular complexity index is 840. The third kappa shape index (κ3) is 4.21. The Hall–Kier alpha value is -3.19. The molecule has 1 atom stereocenters. The molecular weight excluding hydrogens is 382 g/mol. The van der Waals surface area contributed by atoms with Crippen molar-refractivity contribution >= 4 is 23.6 Å². The minimum absolute atomic E-state index is 0.181. The number of carbonyl (C=O) groups is 3. The normalized spacial score (nSPS) is 19.9. The highest BCUT2D eigenvalue weighted by molar-refractivity contribution is 6.14. The van der Waals surface area contributed by atoms with Gasteiger partial charge in [-0.2, -0.15) is 0 Å². The molecule has 2 saturated heterocycles. The van der Waals surface area contributed by atoms with E-state index in [1.165, 1.54) is 11.3 Å². The molecule has 2 aliphatic rings. The Kier molecular flexibility index (Phi) is 6.09. The van der Waals surface area contributed by atoms with Gasteiger partial charge in [0.1, 0.15) is 6.04 Å². The summed E-state index contributed by atoms with van der Waals surface area (Å²) < 4.78 is 5.31. The Morgan fingerprint density at radius 2 is 1.53 bits per heavy atom. The van der Waals surface area contributed by atoms with E-state index < -0.39 is 23.9 Å². The molecule has 0 saturated carbocycles. The van der Waals surface area contributed by atoms with Crippen molar-refractivity contribution in [3.05, 3.63) is 66.2 Å². The van der Waals surface area contributed by atoms with Crippen molar-refractivity contribution in [1.82, 2.24) is 9.80 Å². The summed E-state index contributed by atoms with van der Waals surface area (Å²) in [6, 6.07) is 16.9. The fourth-order valence-corrected chi connectivity index (χ4v) is 3.97. The molecule has 2 aliphatic heterocycles. The van der Waals surface area contributed by atoms with Gasteiger partial charge < -0.3 is 4.74 Å². The topological polar surface area (TPSA) is 70.2 Å². The number of benzene rings is 2. The first-order valence-electron chi connectivity index (χ1n) is 10.3. The largest absolute Gasteiger partial charge is 0.443 e. The minimum Gasteiger partial charge on any atom is -0.443 e. The van der Waals surface area contributed by atoms with E-state index in [1.54, 1.807) is 12.1 Å². The van der Waals surface area contributed by atoms with Crippen LogP contribution in [-0.2, 0) is 14.3 Å². The summed E-state index contributed by atoms with van der Waals surface area (Å²) in [6.07, 6.45) is 3.32. The summed E-state index contributed by atoms with van der Waals surface area (Å²) in [6.45, 7) is 1.54. The molecule has 4 rings (SSSR count). The lowest BCUT2D eigenvalue weighted by atomic mass is 10.1. The van der Waals surface area contributed by atoms with Crippen LogP contribution in [0.1, 0.15) is 30.9 Å². The molecule has 3 amide bonds. The number of urea groups is 1. The zero-order valence-electron chi connectivity index (χ0n) is 16.8. The van der Waals surface area contributed by atoms with Crippen LogP contribution in [0.15, 0.2) is 60.7 Å². The molecule has 30 heavy (non-hydrogen) atoms. The van der Waals surface area contributed by atoms with Gasteiger partial charge in [-0.1, -0.05) is 55.0 Å². The van der Waals surface area contributed by atoms with Crippen LogP contribution in [0.4, 0.5) is 10.5 Å². The molecule has 0 aliphatic carbocycles. The summed E-state index contributed by atoms with van der Waals surface area (Å²) in [5.74, 6) is -0.826. The molecule has 1 unspecified atom stereocenters. The Labute approximate surface area is 175 Å². The van der Waals surface area contributed by atoms with Crippen molar-refractivity contribution in [3.63, 3.8) is 0 Å². The summed E-state index contributed by atoms with van der Waals surface area (Å²) in [4.78, 5) is 43.1. The molecule has 7 nitrogen and oxygen atoms in total. The van der Waals surface area contributed by atoms with Crippen LogP contribution in [0, 0.1) is 0 Å². The second-order valence-electron chi connectivity index (χ2n) is 7.55. The molecule has 2 fully saturated rings. The minimum atomic E-state index is -0.790. The fourth-order valence-electron chi connectivity index (χ4n) is 3.97. The third-order valence-electron chi connectivity index (χ3n) is 5.50. The van der Waals surface area contributed by atoms with Crippen LogP contribution in [-0.4, -0.2) is 54.1 Å². The van der Waals surface area contributed by atoms with Gasteiger partial charge in [0, 0.05) is 5.69 Å². The monoisotopic (exact) mass is 407 g/mol. The van der Waals surface area contributed by atoms with Crippen LogP contribution >= 0.6 is 0 Å². The van der Waals surface area contributed by atoms with E-state index in [9.17, 15) is 14.4 Å². The van der Waals surface area contributed by atoms with Crippen molar-refractivity contribution < 1.29 is 19.1 Å². The van der Waals surface area contributed by atoms with Crippen LogP contribution in [0.5, 0.6) is 0 Å². The number of hydrogen-bond acceptors (Lipinski definition) is 5. The van der Waals surface area contributed by atoms with E-state index in [0.29, 0.717) is 11.3 Å². The molecule has 7 heteroatoms. The molecule has 0 spiro atoms. The maximum Gasteiger partial charge on any atom is 0.335 e. The van der Waals surface area contributed by atoms with E-state index in [-0.39, 0.29) is 13.3 Å². The second kappa shape index (κ2) is 9.09. The summed E-state index contributed by atoms with van der Waals surface area (Å²) in [5, 5.41) is 0. The first-order chi connectivity index (χ1) is 14.6. The van der Waals surface area contributed by atoms with Crippen LogP contribution in [0.25, 0.3) is 0 Å². The second-order valence-corrected chi connectivity index (χ2v) is 7.55. The zero-order valence-corrected chi connectivity index (χ0v) is 16.8. The van der Waals surface area contributed by atoms with Gasteiger partial charge in [0.15, 0.2) is 6.73 Å². The molecule has 156 valence electrons. The lowest BCUT2D eigenvalue weighted by Crippen LogP contribution is -2.39. The quantitative estimate of drug-likeness (QED) is 0.543. The SMILES string of the molecule is O=C(CN1CCCCC1)OCN1C(=O)C(c2ccccc2)N(c2ccccc2)C1=O. The van der Waals surface area contributed by atoms with Gasteiger partial charge in [-0.15, -0.1) is 0 Å². The number of esters is 1. The van der Waals surface area contributed by atoms with E-state index >= 15 is 0 Å². The number of nitrogens with zero attached hydrogens (tertiary/aromatic N) is 3. The maximum atomic E-state index is 13.2. The van der Waals surface area contributed by atoms with E-state index in [1.807, 2.05) is 53.4 Å². The lowest BCUT2D eigenvalue weighted by Gasteiger charge is -2.25. The Balaban J connectivity index is 1.50. The van der Waals surface area contributed by atoms with Crippen LogP contribution in [0.3, 0.4) is 0 Å². The van der Waals surface area contributed by atoms with Gasteiger partial charge in [0.25, 0.3) is 5.91 Å². The first-order valence-corrected chi connectivity index (χ1v) is 10.3. The van der Waals surface area contributed by atoms with Crippen molar-refractivity contribution in [3.8, 4) is 0 Å². The van der Waals surface area contributed by atoms with Crippen molar-refractivity contribution in [1.29, 1.82) is 0 Å². The van der Waals surface area contributed by atoms with Crippen LogP contribution < -0.4 is 4.90 Å². The smallest absolute Gasteiger partial charge is 0.335 e. The predicted molar refractivity (Wildman–Crippen MR) is 112 cm³/mol. The number of carbonyl (C=O) groups excluding carboxylic acids is 3. The average molecular weight is 407 g/mol. The number of piperidine rings is 1. The van der Waals surface area contributed by atoms with Crippen molar-refractivity contribution in [2.45, 2.75) is 25.3 Å². The summed E-state index contributed by atoms with van der Waals surface area (Å²) >= 11 is 0. The molecule has 0 radical (unpaired) electrons. The van der Waals surface area contributed by atoms with Gasteiger partial charge >= 0.3 is 12.0 Å². The van der Waals surface area contributed by atoms with Gasteiger partial charge in [-0.05, 0) is 43.6 Å². The highest BCUT2D eigenvalue weighted by Gasteiger charge is 2.47. The molecule has 2 aromatic rings. The zero-order chi connectivity index (χ0) is 20.9. The number of likely N-dealkylation sites (tertiary alicyclic amines) is 1. The van der Waals surface area contributed by atoms with E-state index in [4.69, 9.17) is 4.74 Å². The predicted octanol–water partition coefficient (Wildman–Crippen LogP) is 3.18. The summed E-state index contributed by atoms with van der Waals surface area (Å²) in [5.41, 5.74) is 1.33. The first kappa shape index (κ1) is 20.1. The fraction of sp³-hybridized carbons (Fsp3) is 0.348. The average Bonchev–Trinajstić information content (AvgIpc) is 3.04. The van der Waals surface area contributed by atoms with E-state index in [0.717, 1.165) is 30.8 Å². The highest BCUT2D eigenvalue weighted by Crippen LogP contribution is 2.35. The molecule has 0 N–H and O–H groups in total. The van der Waals surface area contributed by atoms with Crippen molar-refractivity contribution in [2.75, 3.05) is 31.3 Å². The number of imide groups is 1. The van der Waals surface area contributed by atoms with Gasteiger partial charge in [0.2, 0.25) is 0 Å². The standard InChI is InChI=1S/C23H25N3O4/c27-20(16-24-14-8-3-9-15-24)30-17-25-22(28)21(18-10-4-1-5-11-18)26(23(25)29)19-12-6-2-7-13-19/h1-2,4-7,10-13,21H,3,8-9,14-17H2. The number of amides is 3. The summed E-state index contributed by atoms with van der Waals surface area (Å²) in [7, 11) is 0. The van der Waals surface area contributed by atoms with Gasteiger partial charge in [-0.3, -0.25) is 19.4 Å². The highest BCUT2D eigenvalue weighted by atomic mass is 16.5. The van der Waals surface area contributed by atoms with Gasteiger partial charge in [-0.25, -0.2) is 9.69 Å². The molecular formula is C23H25N3O4. The Morgan fingerprint density at radius 3 is 2.20 bits per heavy atom. The Morgan fingerprint density at radius 1 is 0.900 bits per heavy atom. The third-order valence-corrected chi connectivity index (χ3v) is 5.50. The number of anilines is 1. The molecule has 2 aromatic carbocycles. The van der Waals surface area contributed by atoms with Crippen LogP contribution in [0.2, 0.25) is 0 Å². The molecule has 0 aromatic heterocycles. The number of ether oxygens (including phenoxy) is 1. The maximum absolute atomic E-state index is 13.2. The number of para-hydroxylation sites is 1. The van der Waals surface area contributed by atoms with E-state index in [2.05, 4.69) is 0 Å². The molecule has 0 bridgehead atoms. The van der Waals surface area contributed by atoms with Crippen molar-refractivity contribution in [2.24, 2.45) is 0 Å². The lowest BCUT2D eigenvalue weighted by molar-refractivity contribution is -0.151. The van der Waals surface area contributed by atoms with Gasteiger partial charge in [0.05, 0.1) is 6.54 Å². The number of rotatable bonds is 6.